The van der Waals surface area contributed by atoms with E-state index >= 15 is 0 Å². The molecule has 136 valence electrons. The van der Waals surface area contributed by atoms with Crippen molar-refractivity contribution in [1.29, 1.82) is 0 Å². The van der Waals surface area contributed by atoms with Crippen molar-refractivity contribution in [3.05, 3.63) is 52.5 Å². The fourth-order valence-electron chi connectivity index (χ4n) is 3.34. The van der Waals surface area contributed by atoms with E-state index in [1.54, 1.807) is 13.3 Å². The first-order chi connectivity index (χ1) is 12.6. The summed E-state index contributed by atoms with van der Waals surface area (Å²) in [6, 6.07) is 8.41. The molecule has 0 aliphatic heterocycles. The van der Waals surface area contributed by atoms with Crippen LogP contribution in [0, 0.1) is 5.92 Å². The van der Waals surface area contributed by atoms with Gasteiger partial charge in [-0.05, 0) is 43.4 Å². The van der Waals surface area contributed by atoms with Crippen LogP contribution in [0.2, 0.25) is 0 Å². The minimum absolute atomic E-state index is 0.242. The summed E-state index contributed by atoms with van der Waals surface area (Å²) in [5, 5.41) is 8.66. The lowest BCUT2D eigenvalue weighted by Crippen LogP contribution is -2.27. The molecule has 0 bridgehead atoms. The molecule has 4 rings (SSSR count). The van der Waals surface area contributed by atoms with Gasteiger partial charge in [-0.3, -0.25) is 4.68 Å². The molecule has 0 N–H and O–H groups in total. The van der Waals surface area contributed by atoms with Crippen molar-refractivity contribution in [2.24, 2.45) is 5.92 Å². The molecule has 6 nitrogen and oxygen atoms in total. The van der Waals surface area contributed by atoms with Crippen LogP contribution >= 0.6 is 15.9 Å². The van der Waals surface area contributed by atoms with Gasteiger partial charge in [-0.2, -0.15) is 10.1 Å². The van der Waals surface area contributed by atoms with Crippen LogP contribution in [0.25, 0.3) is 11.5 Å². The van der Waals surface area contributed by atoms with Crippen LogP contribution in [-0.4, -0.2) is 33.6 Å². The van der Waals surface area contributed by atoms with Gasteiger partial charge in [0.15, 0.2) is 5.82 Å². The molecule has 2 heterocycles. The zero-order valence-corrected chi connectivity index (χ0v) is 16.4. The largest absolute Gasteiger partial charge is 0.383 e. The van der Waals surface area contributed by atoms with E-state index in [9.17, 15) is 0 Å². The highest BCUT2D eigenvalue weighted by molar-refractivity contribution is 9.10. The molecule has 3 aromatic rings. The summed E-state index contributed by atoms with van der Waals surface area (Å²) in [6.45, 7) is 3.51. The molecule has 0 unspecified atom stereocenters. The Bertz CT molecular complexity index is 885. The van der Waals surface area contributed by atoms with Crippen LogP contribution in [0.1, 0.15) is 31.2 Å². The molecular formula is C19H21BrN4O2. The monoisotopic (exact) mass is 416 g/mol. The van der Waals surface area contributed by atoms with Crippen molar-refractivity contribution in [3.8, 4) is 11.5 Å². The molecule has 2 aromatic heterocycles. The summed E-state index contributed by atoms with van der Waals surface area (Å²) in [6.07, 6.45) is 6.03. The van der Waals surface area contributed by atoms with Crippen molar-refractivity contribution >= 4 is 15.9 Å². The third kappa shape index (κ3) is 3.21. The van der Waals surface area contributed by atoms with E-state index in [4.69, 9.17) is 14.2 Å². The van der Waals surface area contributed by atoms with Crippen molar-refractivity contribution in [1.82, 2.24) is 19.9 Å². The maximum absolute atomic E-state index is 5.58. The minimum atomic E-state index is -0.242. The summed E-state index contributed by atoms with van der Waals surface area (Å²) in [5.41, 5.74) is 1.80. The van der Waals surface area contributed by atoms with E-state index in [1.807, 2.05) is 10.9 Å². The summed E-state index contributed by atoms with van der Waals surface area (Å²) < 4.78 is 13.6. The van der Waals surface area contributed by atoms with E-state index < -0.39 is 0 Å². The van der Waals surface area contributed by atoms with Crippen molar-refractivity contribution in [3.63, 3.8) is 0 Å². The second kappa shape index (κ2) is 6.96. The van der Waals surface area contributed by atoms with Gasteiger partial charge in [-0.15, -0.1) is 0 Å². The Morgan fingerprint density at radius 2 is 2.08 bits per heavy atom. The Hall–Kier alpha value is -1.99. The van der Waals surface area contributed by atoms with Gasteiger partial charge < -0.3 is 9.26 Å². The molecule has 1 fully saturated rings. The standard InChI is InChI=1S/C19H21BrN4O2/c1-19(14-3-4-14,15-5-7-16(20)8-6-15)18-22-17(26-23-18)13-11-21-24(12-13)9-10-25-2/h5-8,11-12,14H,3-4,9-10H2,1-2H3/t19-/m1/s1. The number of nitrogens with zero attached hydrogens (tertiary/aromatic N) is 4. The Morgan fingerprint density at radius 3 is 2.77 bits per heavy atom. The van der Waals surface area contributed by atoms with Crippen LogP contribution in [0.15, 0.2) is 45.7 Å². The summed E-state index contributed by atoms with van der Waals surface area (Å²) in [7, 11) is 1.68. The lowest BCUT2D eigenvalue weighted by atomic mass is 9.77. The molecule has 1 aliphatic rings. The van der Waals surface area contributed by atoms with Crippen LogP contribution in [0.4, 0.5) is 0 Å². The Kier molecular flexibility index (Phi) is 4.67. The first-order valence-electron chi connectivity index (χ1n) is 8.73. The summed E-state index contributed by atoms with van der Waals surface area (Å²) >= 11 is 3.51. The Labute approximate surface area is 160 Å². The number of aromatic nitrogens is 4. The molecule has 1 saturated carbocycles. The van der Waals surface area contributed by atoms with Gasteiger partial charge in [0.25, 0.3) is 5.89 Å². The third-order valence-corrected chi connectivity index (χ3v) is 5.66. The number of benzene rings is 1. The summed E-state index contributed by atoms with van der Waals surface area (Å²) in [4.78, 5) is 4.73. The number of hydrogen-bond donors (Lipinski definition) is 0. The number of ether oxygens (including phenoxy) is 1. The molecule has 0 spiro atoms. The lowest BCUT2D eigenvalue weighted by molar-refractivity contribution is 0.183. The average molecular weight is 417 g/mol. The van der Waals surface area contributed by atoms with Gasteiger partial charge in [-0.25, -0.2) is 0 Å². The number of methoxy groups -OCH3 is 1. The molecule has 0 saturated heterocycles. The molecule has 1 aromatic carbocycles. The van der Waals surface area contributed by atoms with Crippen LogP contribution < -0.4 is 0 Å². The second-order valence-corrected chi connectivity index (χ2v) is 7.81. The SMILES string of the molecule is COCCn1cc(-c2nc([C@@](C)(c3ccc(Br)cc3)C3CC3)no2)cn1. The van der Waals surface area contributed by atoms with Crippen molar-refractivity contribution in [2.45, 2.75) is 31.7 Å². The van der Waals surface area contributed by atoms with E-state index in [-0.39, 0.29) is 5.41 Å². The van der Waals surface area contributed by atoms with Gasteiger partial charge in [0, 0.05) is 17.8 Å². The van der Waals surface area contributed by atoms with Crippen molar-refractivity contribution < 1.29 is 9.26 Å². The Morgan fingerprint density at radius 1 is 1.31 bits per heavy atom. The molecular weight excluding hydrogens is 396 g/mol. The van der Waals surface area contributed by atoms with E-state index in [0.29, 0.717) is 25.0 Å². The molecule has 1 atom stereocenters. The third-order valence-electron chi connectivity index (χ3n) is 5.13. The predicted octanol–water partition coefficient (Wildman–Crippen LogP) is 4.06. The highest BCUT2D eigenvalue weighted by Gasteiger charge is 2.47. The topological polar surface area (TPSA) is 66.0 Å². The Balaban J connectivity index is 1.64. The first kappa shape index (κ1) is 17.4. The maximum Gasteiger partial charge on any atom is 0.261 e. The fraction of sp³-hybridized carbons (Fsp3) is 0.421. The van der Waals surface area contributed by atoms with E-state index in [2.05, 4.69) is 57.4 Å². The highest BCUT2D eigenvalue weighted by Crippen LogP contribution is 2.50. The maximum atomic E-state index is 5.58. The lowest BCUT2D eigenvalue weighted by Gasteiger charge is -2.26. The number of rotatable bonds is 7. The van der Waals surface area contributed by atoms with Crippen LogP contribution in [-0.2, 0) is 16.7 Å². The van der Waals surface area contributed by atoms with Gasteiger partial charge in [0.05, 0.1) is 30.3 Å². The normalized spacial score (nSPS) is 16.6. The quantitative estimate of drug-likeness (QED) is 0.580. The molecule has 1 aliphatic carbocycles. The zero-order chi connectivity index (χ0) is 18.1. The van der Waals surface area contributed by atoms with Crippen LogP contribution in [0.5, 0.6) is 0 Å². The molecule has 0 radical (unpaired) electrons. The van der Waals surface area contributed by atoms with Gasteiger partial charge >= 0.3 is 0 Å². The second-order valence-electron chi connectivity index (χ2n) is 6.89. The van der Waals surface area contributed by atoms with Gasteiger partial charge in [0.1, 0.15) is 0 Å². The van der Waals surface area contributed by atoms with Crippen molar-refractivity contribution in [2.75, 3.05) is 13.7 Å². The van der Waals surface area contributed by atoms with E-state index in [0.717, 1.165) is 15.9 Å². The predicted molar refractivity (Wildman–Crippen MR) is 101 cm³/mol. The van der Waals surface area contributed by atoms with Gasteiger partial charge in [0.2, 0.25) is 0 Å². The average Bonchev–Trinajstić information content (AvgIpc) is 3.20. The number of halogens is 1. The van der Waals surface area contributed by atoms with Gasteiger partial charge in [-0.1, -0.05) is 33.2 Å². The summed E-state index contributed by atoms with van der Waals surface area (Å²) in [5.74, 6) is 1.79. The molecule has 7 heteroatoms. The zero-order valence-electron chi connectivity index (χ0n) is 14.9. The van der Waals surface area contributed by atoms with Crippen LogP contribution in [0.3, 0.4) is 0 Å². The molecule has 0 amide bonds. The van der Waals surface area contributed by atoms with E-state index in [1.165, 1.54) is 18.4 Å². The number of hydrogen-bond acceptors (Lipinski definition) is 5. The molecule has 26 heavy (non-hydrogen) atoms. The fourth-order valence-corrected chi connectivity index (χ4v) is 3.60. The first-order valence-corrected chi connectivity index (χ1v) is 9.52. The smallest absolute Gasteiger partial charge is 0.261 e. The highest BCUT2D eigenvalue weighted by atomic mass is 79.9. The minimum Gasteiger partial charge on any atom is -0.383 e.